The Morgan fingerprint density at radius 1 is 1.38 bits per heavy atom. The summed E-state index contributed by atoms with van der Waals surface area (Å²) in [5, 5.41) is 8.11. The Hall–Kier alpha value is -1.58. The van der Waals surface area contributed by atoms with Crippen LogP contribution in [0.25, 0.3) is 0 Å². The van der Waals surface area contributed by atoms with Crippen molar-refractivity contribution in [3.63, 3.8) is 0 Å². The van der Waals surface area contributed by atoms with E-state index in [0.717, 1.165) is 6.26 Å². The Bertz CT molecular complexity index is 216. The van der Waals surface area contributed by atoms with Crippen molar-refractivity contribution in [2.75, 3.05) is 0 Å². The van der Waals surface area contributed by atoms with E-state index >= 15 is 0 Å². The van der Waals surface area contributed by atoms with E-state index in [4.69, 9.17) is 5.11 Å². The van der Waals surface area contributed by atoms with Gasteiger partial charge in [-0.05, 0) is 13.8 Å². The Balaban J connectivity index is 0. The Kier molecular flexibility index (Phi) is 9.15. The predicted molar refractivity (Wildman–Crippen MR) is 49.0 cm³/mol. The summed E-state index contributed by atoms with van der Waals surface area (Å²) in [5.74, 6) is -1.17. The van der Waals surface area contributed by atoms with Crippen LogP contribution in [0.2, 0.25) is 0 Å². The molecule has 0 aliphatic rings. The lowest BCUT2D eigenvalue weighted by molar-refractivity contribution is -0.135. The third-order valence-electron chi connectivity index (χ3n) is 1.02. The standard InChI is InChI=1S/C5H8O2.C4H6O2/c1-3-4(2)5(6)7;1-3-6-4(2)5/h3H,1-2H3,(H,6,7);3H,1H2,2H3. The van der Waals surface area contributed by atoms with E-state index in [2.05, 4.69) is 11.3 Å². The molecule has 4 nitrogen and oxygen atoms in total. The van der Waals surface area contributed by atoms with Gasteiger partial charge in [0.15, 0.2) is 0 Å². The fourth-order valence-electron chi connectivity index (χ4n) is 0.241. The second kappa shape index (κ2) is 8.52. The lowest BCUT2D eigenvalue weighted by atomic mass is 10.3. The van der Waals surface area contributed by atoms with Gasteiger partial charge in [-0.2, -0.15) is 0 Å². The Morgan fingerprint density at radius 3 is 1.85 bits per heavy atom. The zero-order chi connectivity index (χ0) is 10.9. The molecule has 74 valence electrons. The molecule has 0 saturated carbocycles. The second-order valence-corrected chi connectivity index (χ2v) is 2.05. The van der Waals surface area contributed by atoms with Crippen molar-refractivity contribution in [2.24, 2.45) is 0 Å². The molecule has 0 rings (SSSR count). The highest BCUT2D eigenvalue weighted by atomic mass is 16.5. The summed E-state index contributed by atoms with van der Waals surface area (Å²) in [6.45, 7) is 7.73. The molecule has 0 bridgehead atoms. The molecule has 0 spiro atoms. The van der Waals surface area contributed by atoms with E-state index in [1.165, 1.54) is 6.92 Å². The van der Waals surface area contributed by atoms with Crippen LogP contribution in [-0.2, 0) is 14.3 Å². The summed E-state index contributed by atoms with van der Waals surface area (Å²) < 4.78 is 4.17. The molecule has 0 aliphatic carbocycles. The number of carbonyl (C=O) groups excluding carboxylic acids is 1. The van der Waals surface area contributed by atoms with Gasteiger partial charge in [-0.25, -0.2) is 4.79 Å². The Labute approximate surface area is 77.5 Å². The van der Waals surface area contributed by atoms with Gasteiger partial charge in [-0.15, -0.1) is 0 Å². The molecule has 0 saturated heterocycles. The number of esters is 1. The first-order valence-electron chi connectivity index (χ1n) is 3.60. The zero-order valence-corrected chi connectivity index (χ0v) is 8.03. The minimum atomic E-state index is -0.845. The van der Waals surface area contributed by atoms with Crippen molar-refractivity contribution in [1.82, 2.24) is 0 Å². The van der Waals surface area contributed by atoms with E-state index in [1.807, 2.05) is 0 Å². The van der Waals surface area contributed by atoms with Gasteiger partial charge in [-0.3, -0.25) is 4.79 Å². The highest BCUT2D eigenvalue weighted by Gasteiger charge is 1.93. The van der Waals surface area contributed by atoms with Crippen LogP contribution in [0.1, 0.15) is 20.8 Å². The smallest absolute Gasteiger partial charge is 0.330 e. The van der Waals surface area contributed by atoms with Gasteiger partial charge in [0.25, 0.3) is 0 Å². The van der Waals surface area contributed by atoms with Crippen LogP contribution in [0.15, 0.2) is 24.5 Å². The van der Waals surface area contributed by atoms with Gasteiger partial charge in [0.1, 0.15) is 0 Å². The molecule has 0 unspecified atom stereocenters. The first-order valence-corrected chi connectivity index (χ1v) is 3.60. The van der Waals surface area contributed by atoms with E-state index in [1.54, 1.807) is 19.9 Å². The van der Waals surface area contributed by atoms with Gasteiger partial charge in [0.2, 0.25) is 0 Å². The topological polar surface area (TPSA) is 63.6 Å². The molecule has 0 atom stereocenters. The van der Waals surface area contributed by atoms with E-state index in [9.17, 15) is 9.59 Å². The minimum absolute atomic E-state index is 0.329. The third kappa shape index (κ3) is 13.4. The summed E-state index contributed by atoms with van der Waals surface area (Å²) in [4.78, 5) is 19.6. The number of carboxylic acids is 1. The first kappa shape index (κ1) is 14.0. The predicted octanol–water partition coefficient (Wildman–Crippen LogP) is 1.73. The van der Waals surface area contributed by atoms with Gasteiger partial charge >= 0.3 is 11.9 Å². The molecular weight excluding hydrogens is 172 g/mol. The van der Waals surface area contributed by atoms with Crippen LogP contribution in [0.5, 0.6) is 0 Å². The van der Waals surface area contributed by atoms with Crippen LogP contribution >= 0.6 is 0 Å². The summed E-state index contributed by atoms with van der Waals surface area (Å²) in [7, 11) is 0. The number of allylic oxidation sites excluding steroid dienone is 1. The van der Waals surface area contributed by atoms with Gasteiger partial charge in [-0.1, -0.05) is 12.7 Å². The fraction of sp³-hybridized carbons (Fsp3) is 0.333. The molecule has 0 aromatic carbocycles. The quantitative estimate of drug-likeness (QED) is 0.405. The summed E-state index contributed by atoms with van der Waals surface area (Å²) in [5.41, 5.74) is 0.389. The molecule has 0 heterocycles. The summed E-state index contributed by atoms with van der Waals surface area (Å²) in [6.07, 6.45) is 2.66. The maximum absolute atomic E-state index is 9.86. The minimum Gasteiger partial charge on any atom is -0.478 e. The van der Waals surface area contributed by atoms with Crippen LogP contribution < -0.4 is 0 Å². The van der Waals surface area contributed by atoms with Crippen molar-refractivity contribution in [3.05, 3.63) is 24.5 Å². The van der Waals surface area contributed by atoms with Crippen molar-refractivity contribution in [3.8, 4) is 0 Å². The highest BCUT2D eigenvalue weighted by Crippen LogP contribution is 1.87. The normalized spacial score (nSPS) is 9.31. The van der Waals surface area contributed by atoms with Crippen molar-refractivity contribution in [1.29, 1.82) is 0 Å². The number of rotatable bonds is 2. The van der Waals surface area contributed by atoms with Gasteiger partial charge in [0, 0.05) is 12.5 Å². The molecule has 0 aliphatic heterocycles. The number of hydrogen-bond acceptors (Lipinski definition) is 3. The molecule has 0 fully saturated rings. The third-order valence-corrected chi connectivity index (χ3v) is 1.02. The number of ether oxygens (including phenoxy) is 1. The maximum atomic E-state index is 9.86. The lowest BCUT2D eigenvalue weighted by Gasteiger charge is -1.84. The molecule has 1 N–H and O–H groups in total. The van der Waals surface area contributed by atoms with Crippen LogP contribution in [-0.4, -0.2) is 17.0 Å². The van der Waals surface area contributed by atoms with Gasteiger partial charge in [0.05, 0.1) is 6.26 Å². The number of carbonyl (C=O) groups is 2. The SMILES string of the molecule is C=COC(C)=O.CC=C(C)C(=O)O. The monoisotopic (exact) mass is 186 g/mol. The molecular formula is C9H14O4. The fourth-order valence-corrected chi connectivity index (χ4v) is 0.241. The highest BCUT2D eigenvalue weighted by molar-refractivity contribution is 5.85. The van der Waals surface area contributed by atoms with E-state index < -0.39 is 5.97 Å². The first-order chi connectivity index (χ1) is 5.95. The van der Waals surface area contributed by atoms with Gasteiger partial charge < -0.3 is 9.84 Å². The van der Waals surface area contributed by atoms with Crippen molar-refractivity contribution in [2.45, 2.75) is 20.8 Å². The largest absolute Gasteiger partial charge is 0.478 e. The number of hydrogen-bond donors (Lipinski definition) is 1. The van der Waals surface area contributed by atoms with Crippen LogP contribution in [0.4, 0.5) is 0 Å². The molecule has 4 heteroatoms. The maximum Gasteiger partial charge on any atom is 0.330 e. The lowest BCUT2D eigenvalue weighted by Crippen LogP contribution is -1.93. The average molecular weight is 186 g/mol. The molecule has 0 aromatic heterocycles. The van der Waals surface area contributed by atoms with Crippen molar-refractivity contribution < 1.29 is 19.4 Å². The average Bonchev–Trinajstić information content (AvgIpc) is 2.03. The second-order valence-electron chi connectivity index (χ2n) is 2.05. The van der Waals surface area contributed by atoms with Crippen LogP contribution in [0.3, 0.4) is 0 Å². The number of carboxylic acid groups (broad SMARTS) is 1. The number of aliphatic carboxylic acids is 1. The Morgan fingerprint density at radius 2 is 1.85 bits per heavy atom. The van der Waals surface area contributed by atoms with Crippen LogP contribution in [0, 0.1) is 0 Å². The molecule has 0 aromatic rings. The molecule has 0 radical (unpaired) electrons. The van der Waals surface area contributed by atoms with Crippen molar-refractivity contribution >= 4 is 11.9 Å². The molecule has 13 heavy (non-hydrogen) atoms. The molecule has 0 amide bonds. The van der Waals surface area contributed by atoms with E-state index in [0.29, 0.717) is 5.57 Å². The van der Waals surface area contributed by atoms with E-state index in [-0.39, 0.29) is 5.97 Å². The summed E-state index contributed by atoms with van der Waals surface area (Å²) in [6, 6.07) is 0. The summed E-state index contributed by atoms with van der Waals surface area (Å²) >= 11 is 0. The zero-order valence-electron chi connectivity index (χ0n) is 8.03.